The van der Waals surface area contributed by atoms with Crippen LogP contribution in [0.3, 0.4) is 0 Å². The Labute approximate surface area is 93.7 Å². The van der Waals surface area contributed by atoms with E-state index in [1.165, 1.54) is 39.2 Å². The first-order chi connectivity index (χ1) is 7.10. The average molecular weight is 233 g/mol. The lowest BCUT2D eigenvalue weighted by molar-refractivity contribution is 0.331. The zero-order valence-corrected chi connectivity index (χ0v) is 10.6. The second-order valence-electron chi connectivity index (χ2n) is 4.52. The minimum atomic E-state index is -3.06. The minimum absolute atomic E-state index is 0.189. The van der Waals surface area contributed by atoms with Crippen molar-refractivity contribution in [2.45, 2.75) is 57.1 Å². The number of sulfonamides is 1. The van der Waals surface area contributed by atoms with Crippen LogP contribution in [0, 0.1) is 5.92 Å². The van der Waals surface area contributed by atoms with Crippen LogP contribution < -0.4 is 4.72 Å². The van der Waals surface area contributed by atoms with Gasteiger partial charge in [-0.2, -0.15) is 0 Å². The van der Waals surface area contributed by atoms with Crippen LogP contribution >= 0.6 is 0 Å². The largest absolute Gasteiger partial charge is 0.218 e. The van der Waals surface area contributed by atoms with Crippen molar-refractivity contribution in [1.82, 2.24) is 4.72 Å². The van der Waals surface area contributed by atoms with E-state index in [-0.39, 0.29) is 5.25 Å². The summed E-state index contributed by atoms with van der Waals surface area (Å²) in [6, 6.07) is 0. The lowest BCUT2D eigenvalue weighted by atomic mass is 9.86. The molecule has 15 heavy (non-hydrogen) atoms. The van der Waals surface area contributed by atoms with Crippen molar-refractivity contribution in [3.63, 3.8) is 0 Å². The number of rotatable bonds is 5. The standard InChI is InChI=1S/C11H23NO2S/c1-3-11(15(13,14)12-2)9-10-7-5-4-6-8-10/h10-12H,3-9H2,1-2H3. The van der Waals surface area contributed by atoms with Crippen molar-refractivity contribution < 1.29 is 8.42 Å². The topological polar surface area (TPSA) is 46.2 Å². The minimum Gasteiger partial charge on any atom is -0.218 e. The Morgan fingerprint density at radius 1 is 1.27 bits per heavy atom. The third-order valence-electron chi connectivity index (χ3n) is 3.50. The first-order valence-electron chi connectivity index (χ1n) is 6.02. The fourth-order valence-corrected chi connectivity index (χ4v) is 3.77. The van der Waals surface area contributed by atoms with Crippen molar-refractivity contribution in [1.29, 1.82) is 0 Å². The Hall–Kier alpha value is -0.0900. The lowest BCUT2D eigenvalue weighted by Gasteiger charge is -2.25. The van der Waals surface area contributed by atoms with Crippen molar-refractivity contribution in [2.75, 3.05) is 7.05 Å². The Balaban J connectivity index is 2.52. The summed E-state index contributed by atoms with van der Waals surface area (Å²) in [5, 5.41) is -0.189. The third kappa shape index (κ3) is 3.76. The molecule has 4 heteroatoms. The van der Waals surface area contributed by atoms with Gasteiger partial charge in [0.15, 0.2) is 0 Å². The van der Waals surface area contributed by atoms with Gasteiger partial charge in [0, 0.05) is 0 Å². The second-order valence-corrected chi connectivity index (χ2v) is 6.68. The molecule has 1 fully saturated rings. The van der Waals surface area contributed by atoms with Gasteiger partial charge in [0.1, 0.15) is 0 Å². The molecule has 0 radical (unpaired) electrons. The van der Waals surface area contributed by atoms with E-state index in [0.29, 0.717) is 5.92 Å². The quantitative estimate of drug-likeness (QED) is 0.792. The number of hydrogen-bond acceptors (Lipinski definition) is 2. The van der Waals surface area contributed by atoms with E-state index in [1.54, 1.807) is 0 Å². The molecule has 1 rings (SSSR count). The highest BCUT2D eigenvalue weighted by Gasteiger charge is 2.26. The van der Waals surface area contributed by atoms with Gasteiger partial charge in [-0.05, 0) is 25.8 Å². The van der Waals surface area contributed by atoms with Crippen LogP contribution in [0.25, 0.3) is 0 Å². The summed E-state index contributed by atoms with van der Waals surface area (Å²) in [7, 11) is -1.55. The Kier molecular flexibility index (Phi) is 5.06. The maximum atomic E-state index is 11.7. The summed E-state index contributed by atoms with van der Waals surface area (Å²) in [5.41, 5.74) is 0. The second kappa shape index (κ2) is 5.85. The molecule has 1 N–H and O–H groups in total. The molecule has 0 saturated heterocycles. The molecule has 0 aromatic rings. The van der Waals surface area contributed by atoms with Gasteiger partial charge in [-0.3, -0.25) is 0 Å². The highest BCUT2D eigenvalue weighted by atomic mass is 32.2. The molecule has 1 aliphatic carbocycles. The summed E-state index contributed by atoms with van der Waals surface area (Å²) in [6.45, 7) is 1.96. The van der Waals surface area contributed by atoms with E-state index in [4.69, 9.17) is 0 Å². The molecule has 3 nitrogen and oxygen atoms in total. The molecule has 1 unspecified atom stereocenters. The summed E-state index contributed by atoms with van der Waals surface area (Å²) >= 11 is 0. The van der Waals surface area contributed by atoms with Gasteiger partial charge in [0.2, 0.25) is 10.0 Å². The summed E-state index contributed by atoms with van der Waals surface area (Å²) in [6.07, 6.45) is 7.89. The van der Waals surface area contributed by atoms with Crippen molar-refractivity contribution in [3.05, 3.63) is 0 Å². The maximum absolute atomic E-state index is 11.7. The van der Waals surface area contributed by atoms with Crippen molar-refractivity contribution in [3.8, 4) is 0 Å². The molecular weight excluding hydrogens is 210 g/mol. The van der Waals surface area contributed by atoms with Gasteiger partial charge >= 0.3 is 0 Å². The Bertz CT molecular complexity index is 268. The van der Waals surface area contributed by atoms with Gasteiger partial charge in [-0.15, -0.1) is 0 Å². The van der Waals surface area contributed by atoms with Crippen LogP contribution in [0.15, 0.2) is 0 Å². The highest BCUT2D eigenvalue weighted by molar-refractivity contribution is 7.90. The van der Waals surface area contributed by atoms with Gasteiger partial charge in [-0.1, -0.05) is 39.0 Å². The SMILES string of the molecule is CCC(CC1CCCCC1)S(=O)(=O)NC. The maximum Gasteiger partial charge on any atom is 0.214 e. The number of hydrogen-bond donors (Lipinski definition) is 1. The van der Waals surface area contributed by atoms with Crippen LogP contribution in [0.5, 0.6) is 0 Å². The molecule has 1 atom stereocenters. The van der Waals surface area contributed by atoms with Gasteiger partial charge in [0.05, 0.1) is 5.25 Å². The molecular formula is C11H23NO2S. The molecule has 0 bridgehead atoms. The highest BCUT2D eigenvalue weighted by Crippen LogP contribution is 2.29. The van der Waals surface area contributed by atoms with E-state index in [2.05, 4.69) is 4.72 Å². The van der Waals surface area contributed by atoms with Gasteiger partial charge in [0.25, 0.3) is 0 Å². The summed E-state index contributed by atoms with van der Waals surface area (Å²) < 4.78 is 25.8. The van der Waals surface area contributed by atoms with Gasteiger partial charge in [-0.25, -0.2) is 13.1 Å². The molecule has 0 aromatic carbocycles. The fraction of sp³-hybridized carbons (Fsp3) is 1.00. The summed E-state index contributed by atoms with van der Waals surface area (Å²) in [4.78, 5) is 0. The predicted molar refractivity (Wildman–Crippen MR) is 63.3 cm³/mol. The van der Waals surface area contributed by atoms with E-state index < -0.39 is 10.0 Å². The number of nitrogens with one attached hydrogen (secondary N) is 1. The molecule has 0 amide bonds. The Morgan fingerprint density at radius 2 is 1.87 bits per heavy atom. The molecule has 1 saturated carbocycles. The molecule has 1 aliphatic rings. The molecule has 0 aromatic heterocycles. The normalized spacial score (nSPS) is 21.5. The monoisotopic (exact) mass is 233 g/mol. The van der Waals surface area contributed by atoms with Crippen LogP contribution in [-0.2, 0) is 10.0 Å². The lowest BCUT2D eigenvalue weighted by Crippen LogP contribution is -2.33. The van der Waals surface area contributed by atoms with Crippen LogP contribution in [-0.4, -0.2) is 20.7 Å². The molecule has 90 valence electrons. The first kappa shape index (κ1) is 13.0. The van der Waals surface area contributed by atoms with Crippen LogP contribution in [0.2, 0.25) is 0 Å². The van der Waals surface area contributed by atoms with Crippen molar-refractivity contribution in [2.24, 2.45) is 5.92 Å². The third-order valence-corrected chi connectivity index (χ3v) is 5.47. The zero-order chi connectivity index (χ0) is 11.3. The fourth-order valence-electron chi connectivity index (χ4n) is 2.47. The predicted octanol–water partition coefficient (Wildman–Crippen LogP) is 2.28. The average Bonchev–Trinajstić information content (AvgIpc) is 2.27. The van der Waals surface area contributed by atoms with Crippen molar-refractivity contribution >= 4 is 10.0 Å². The molecule has 0 spiro atoms. The van der Waals surface area contributed by atoms with E-state index >= 15 is 0 Å². The zero-order valence-electron chi connectivity index (χ0n) is 9.83. The summed E-state index contributed by atoms with van der Waals surface area (Å²) in [5.74, 6) is 0.631. The van der Waals surface area contributed by atoms with E-state index in [9.17, 15) is 8.42 Å². The van der Waals surface area contributed by atoms with E-state index in [0.717, 1.165) is 12.8 Å². The first-order valence-corrected chi connectivity index (χ1v) is 7.57. The van der Waals surface area contributed by atoms with Gasteiger partial charge < -0.3 is 0 Å². The smallest absolute Gasteiger partial charge is 0.214 e. The van der Waals surface area contributed by atoms with E-state index in [1.807, 2.05) is 6.92 Å². The van der Waals surface area contributed by atoms with Crippen LogP contribution in [0.1, 0.15) is 51.9 Å². The molecule has 0 aliphatic heterocycles. The van der Waals surface area contributed by atoms with Crippen LogP contribution in [0.4, 0.5) is 0 Å². The molecule has 0 heterocycles. The Morgan fingerprint density at radius 3 is 2.33 bits per heavy atom.